The quantitative estimate of drug-likeness (QED) is 0.173. The van der Waals surface area contributed by atoms with Gasteiger partial charge in [-0.05, 0) is 157 Å². The number of hydrogen-bond donors (Lipinski definition) is 0. The minimum absolute atomic E-state index is 0. The highest BCUT2D eigenvalue weighted by Crippen LogP contribution is 2.49. The van der Waals surface area contributed by atoms with E-state index in [0.29, 0.717) is 11.8 Å². The molecule has 5 nitrogen and oxygen atoms in total. The molecule has 5 aromatic heterocycles. The standard InChI is InChI=1S/C29H24ClNOS.C29H23NOS.C3H6O.CH4/c1-16(2)19-13-24-27(25(30)14-19)31(21-8-7-18-6-5-17(3)11-20(18)12-21)28-23-10-9-22(32-4)15-26(23)33-29(24)28;1-15(2)18-11-23-22-10-17-6-5-16(3)9-19(17)13-25(22)30-27(23)24(12-18)29-28(30)21-8-7-20(31-4)14-26(21)32-29;1-3(2)4;/h5-16H,1-4H3;5-15H,1-4H3;1-2H3;1H4/i;;1D;. The summed E-state index contributed by atoms with van der Waals surface area (Å²) in [5, 5.41) is 13.7. The van der Waals surface area contributed by atoms with Gasteiger partial charge in [0.2, 0.25) is 0 Å². The second-order valence-electron chi connectivity index (χ2n) is 19.1. The maximum atomic E-state index is 9.62. The van der Waals surface area contributed by atoms with E-state index >= 15 is 0 Å². The van der Waals surface area contributed by atoms with Gasteiger partial charge < -0.3 is 23.2 Å². The fourth-order valence-electron chi connectivity index (χ4n) is 10.2. The Morgan fingerprint density at radius 2 is 1.09 bits per heavy atom. The number of aromatic nitrogens is 2. The highest BCUT2D eigenvalue weighted by molar-refractivity contribution is 7.27. The van der Waals surface area contributed by atoms with Gasteiger partial charge in [-0.1, -0.05) is 100 Å². The number of fused-ring (bicyclic) bond motifs is 15. The first kappa shape index (κ1) is 45.8. The highest BCUT2D eigenvalue weighted by atomic mass is 35.5. The van der Waals surface area contributed by atoms with Crippen molar-refractivity contribution in [2.24, 2.45) is 0 Å². The van der Waals surface area contributed by atoms with Crippen LogP contribution in [0.25, 0.3) is 106 Å². The molecule has 13 rings (SSSR count). The molecule has 352 valence electrons. The molecular weight excluding hydrogens is 920 g/mol. The van der Waals surface area contributed by atoms with Crippen molar-refractivity contribution in [1.82, 2.24) is 8.97 Å². The van der Waals surface area contributed by atoms with Crippen LogP contribution in [0.4, 0.5) is 0 Å². The van der Waals surface area contributed by atoms with Gasteiger partial charge in [-0.25, -0.2) is 0 Å². The van der Waals surface area contributed by atoms with Gasteiger partial charge in [0.05, 0.1) is 56.2 Å². The number of ether oxygens (including phenoxy) is 2. The number of nitrogens with zero attached hydrogens (tertiary/aromatic N) is 2. The van der Waals surface area contributed by atoms with E-state index in [1.165, 1.54) is 124 Å². The van der Waals surface area contributed by atoms with Gasteiger partial charge in [0, 0.05) is 48.8 Å². The average molecular weight is 979 g/mol. The minimum atomic E-state index is -0.0833. The molecule has 0 fully saturated rings. The Hall–Kier alpha value is -6.64. The third-order valence-corrected chi connectivity index (χ3v) is 16.2. The topological polar surface area (TPSA) is 44.9 Å². The van der Waals surface area contributed by atoms with Gasteiger partial charge in [0.1, 0.15) is 17.3 Å². The van der Waals surface area contributed by atoms with Gasteiger partial charge >= 0.3 is 0 Å². The van der Waals surface area contributed by atoms with Crippen molar-refractivity contribution in [3.05, 3.63) is 155 Å². The normalized spacial score (nSPS) is 12.0. The van der Waals surface area contributed by atoms with Gasteiger partial charge in [0.15, 0.2) is 0 Å². The second kappa shape index (κ2) is 18.0. The van der Waals surface area contributed by atoms with Crippen molar-refractivity contribution in [2.75, 3.05) is 14.2 Å². The van der Waals surface area contributed by atoms with Gasteiger partial charge in [-0.3, -0.25) is 0 Å². The number of methoxy groups -OCH3 is 2. The van der Waals surface area contributed by atoms with Crippen molar-refractivity contribution in [3.8, 4) is 17.2 Å². The van der Waals surface area contributed by atoms with Crippen molar-refractivity contribution in [3.63, 3.8) is 0 Å². The number of ketones is 1. The first-order valence-corrected chi connectivity index (χ1v) is 25.4. The molecule has 0 radical (unpaired) electrons. The lowest BCUT2D eigenvalue weighted by atomic mass is 9.98. The molecule has 13 aromatic rings. The molecule has 0 saturated heterocycles. The van der Waals surface area contributed by atoms with E-state index < -0.39 is 0 Å². The first-order valence-electron chi connectivity index (χ1n) is 24.1. The lowest BCUT2D eigenvalue weighted by molar-refractivity contribution is -0.115. The third kappa shape index (κ3) is 7.70. The Morgan fingerprint density at radius 1 is 0.557 bits per heavy atom. The summed E-state index contributed by atoms with van der Waals surface area (Å²) in [6, 6.07) is 46.9. The Bertz CT molecular complexity index is 4230. The van der Waals surface area contributed by atoms with E-state index in [2.05, 4.69) is 172 Å². The van der Waals surface area contributed by atoms with E-state index in [4.69, 9.17) is 22.4 Å². The SMILES string of the molecule is C.COc1ccc2c(c1)sc1c3cc(C(C)C)cc(Cl)c3n(-c3ccc4ccc(C)cc4c3)c21.COc1ccc2c(c1)sc1c3cc(C(C)C)cc4c5cc6ccc(C)cc6cc5n(c43)c21.[2H]CC(C)=O. The Morgan fingerprint density at radius 3 is 1.69 bits per heavy atom. The summed E-state index contributed by atoms with van der Waals surface area (Å²) in [6.07, 6.45) is 0. The van der Waals surface area contributed by atoms with Crippen molar-refractivity contribution >= 4 is 140 Å². The highest BCUT2D eigenvalue weighted by Gasteiger charge is 2.24. The number of Topliss-reactive ketones (excluding diaryl/α,β-unsaturated/α-hetero) is 1. The smallest absolute Gasteiger partial charge is 0.126 e. The van der Waals surface area contributed by atoms with E-state index in [1.807, 2.05) is 28.7 Å². The van der Waals surface area contributed by atoms with Crippen LogP contribution in [0, 0.1) is 13.8 Å². The summed E-state index contributed by atoms with van der Waals surface area (Å²) in [6.45, 7) is 14.6. The number of carbonyl (C=O) groups excluding carboxylic acids is 1. The van der Waals surface area contributed by atoms with Crippen LogP contribution in [-0.2, 0) is 4.79 Å². The summed E-state index contributed by atoms with van der Waals surface area (Å²) in [4.78, 5) is 9.62. The molecule has 0 bridgehead atoms. The maximum absolute atomic E-state index is 9.62. The lowest BCUT2D eigenvalue weighted by Crippen LogP contribution is -1.96. The average Bonchev–Trinajstić information content (AvgIpc) is 4.15. The molecule has 0 saturated carbocycles. The summed E-state index contributed by atoms with van der Waals surface area (Å²) in [5.41, 5.74) is 12.6. The van der Waals surface area contributed by atoms with Crippen LogP contribution in [-0.4, -0.2) is 29.0 Å². The van der Waals surface area contributed by atoms with Gasteiger partial charge in [0.25, 0.3) is 0 Å². The van der Waals surface area contributed by atoms with E-state index in [9.17, 15) is 4.79 Å². The monoisotopic (exact) mass is 977 g/mol. The maximum Gasteiger partial charge on any atom is 0.126 e. The number of halogens is 1. The molecule has 8 aromatic carbocycles. The second-order valence-corrected chi connectivity index (χ2v) is 21.6. The zero-order valence-electron chi connectivity index (χ0n) is 41.3. The van der Waals surface area contributed by atoms with Crippen LogP contribution >= 0.6 is 34.3 Å². The van der Waals surface area contributed by atoms with Crippen molar-refractivity contribution in [1.29, 1.82) is 0 Å². The predicted molar refractivity (Wildman–Crippen MR) is 307 cm³/mol. The third-order valence-electron chi connectivity index (χ3n) is 13.6. The summed E-state index contributed by atoms with van der Waals surface area (Å²) < 4.78 is 27.3. The number of rotatable bonds is 5. The lowest BCUT2D eigenvalue weighted by Gasteiger charge is -2.13. The van der Waals surface area contributed by atoms with Crippen molar-refractivity contribution in [2.45, 2.75) is 74.6 Å². The molecule has 0 amide bonds. The van der Waals surface area contributed by atoms with E-state index in [-0.39, 0.29) is 20.1 Å². The number of carbonyl (C=O) groups is 1. The zero-order chi connectivity index (χ0) is 48.9. The molecular formula is C62H57ClN2O3S2. The largest absolute Gasteiger partial charge is 0.497 e. The molecule has 0 atom stereocenters. The molecule has 0 spiro atoms. The van der Waals surface area contributed by atoms with Gasteiger partial charge in [-0.15, -0.1) is 22.7 Å². The van der Waals surface area contributed by atoms with Crippen LogP contribution in [0.3, 0.4) is 0 Å². The molecule has 5 heterocycles. The number of benzene rings is 8. The molecule has 0 unspecified atom stereocenters. The summed E-state index contributed by atoms with van der Waals surface area (Å²) >= 11 is 10.7. The molecule has 70 heavy (non-hydrogen) atoms. The molecule has 0 aliphatic heterocycles. The van der Waals surface area contributed by atoms with Crippen LogP contribution in [0.15, 0.2) is 127 Å². The number of thiophene rings is 2. The fourth-order valence-corrected chi connectivity index (χ4v) is 13.0. The summed E-state index contributed by atoms with van der Waals surface area (Å²) in [7, 11) is 3.46. The zero-order valence-corrected chi connectivity index (χ0v) is 42.7. The van der Waals surface area contributed by atoms with E-state index in [0.717, 1.165) is 27.7 Å². The minimum Gasteiger partial charge on any atom is -0.497 e. The summed E-state index contributed by atoms with van der Waals surface area (Å²) in [5.74, 6) is 2.60. The molecule has 0 aliphatic carbocycles. The van der Waals surface area contributed by atoms with Crippen LogP contribution in [0.2, 0.25) is 5.02 Å². The molecule has 8 heteroatoms. The Labute approximate surface area is 423 Å². The first-order chi connectivity index (χ1) is 33.7. The van der Waals surface area contributed by atoms with Crippen LogP contribution < -0.4 is 9.47 Å². The Kier molecular flexibility index (Phi) is 11.7. The van der Waals surface area contributed by atoms with E-state index in [1.54, 1.807) is 14.2 Å². The van der Waals surface area contributed by atoms with Crippen molar-refractivity contribution < 1.29 is 15.6 Å². The predicted octanol–water partition coefficient (Wildman–Crippen LogP) is 19.1. The Balaban J connectivity index is 0.000000148. The fraction of sp³-hybridized carbons (Fsp3) is 0.210. The van der Waals surface area contributed by atoms with Gasteiger partial charge in [-0.2, -0.15) is 0 Å². The van der Waals surface area contributed by atoms with Crippen LogP contribution in [0.5, 0.6) is 11.5 Å². The number of aryl methyl sites for hydroxylation is 2. The number of hydrogen-bond acceptors (Lipinski definition) is 5. The molecule has 0 N–H and O–H groups in total. The van der Waals surface area contributed by atoms with Crippen LogP contribution in [0.1, 0.15) is 84.4 Å². The molecule has 0 aliphatic rings.